The van der Waals surface area contributed by atoms with Gasteiger partial charge in [0.2, 0.25) is 5.91 Å². The van der Waals surface area contributed by atoms with E-state index in [4.69, 9.17) is 9.84 Å². The van der Waals surface area contributed by atoms with Crippen molar-refractivity contribution in [1.29, 1.82) is 0 Å². The Bertz CT molecular complexity index is 261. The molecule has 1 fully saturated rings. The Kier molecular flexibility index (Phi) is 5.97. The van der Waals surface area contributed by atoms with E-state index in [0.717, 1.165) is 32.5 Å². The molecule has 5 heteroatoms. The highest BCUT2D eigenvalue weighted by molar-refractivity contribution is 5.80. The van der Waals surface area contributed by atoms with Crippen LogP contribution in [0, 0.1) is 5.92 Å². The maximum atomic E-state index is 11.6. The molecule has 1 rings (SSSR count). The highest BCUT2D eigenvalue weighted by Gasteiger charge is 2.16. The van der Waals surface area contributed by atoms with Gasteiger partial charge in [-0.25, -0.2) is 0 Å². The second kappa shape index (κ2) is 7.27. The summed E-state index contributed by atoms with van der Waals surface area (Å²) in [6, 6.07) is 0. The summed E-state index contributed by atoms with van der Waals surface area (Å²) in [4.78, 5) is 23.5. The monoisotopic (exact) mass is 243 g/mol. The molecule has 0 radical (unpaired) electrons. The highest BCUT2D eigenvalue weighted by Crippen LogP contribution is 2.18. The van der Waals surface area contributed by atoms with Gasteiger partial charge in [-0.15, -0.1) is 0 Å². The molecule has 1 amide bonds. The van der Waals surface area contributed by atoms with Crippen molar-refractivity contribution in [2.24, 2.45) is 5.92 Å². The number of carbonyl (C=O) groups is 2. The number of carbonyl (C=O) groups excluding carboxylic acids is 1. The Labute approximate surface area is 102 Å². The third kappa shape index (κ3) is 5.68. The van der Waals surface area contributed by atoms with Gasteiger partial charge in [0.1, 0.15) is 0 Å². The maximum Gasteiger partial charge on any atom is 0.303 e. The Morgan fingerprint density at radius 3 is 2.53 bits per heavy atom. The lowest BCUT2D eigenvalue weighted by Crippen LogP contribution is -2.30. The minimum atomic E-state index is -0.920. The van der Waals surface area contributed by atoms with Crippen LogP contribution in [-0.4, -0.2) is 48.7 Å². The van der Waals surface area contributed by atoms with Crippen molar-refractivity contribution < 1.29 is 19.4 Å². The molecule has 98 valence electrons. The third-order valence-corrected chi connectivity index (χ3v) is 3.19. The van der Waals surface area contributed by atoms with Crippen molar-refractivity contribution in [1.82, 2.24) is 4.90 Å². The number of nitrogens with zero attached hydrogens (tertiary/aromatic N) is 1. The molecule has 1 aliphatic heterocycles. The van der Waals surface area contributed by atoms with E-state index in [9.17, 15) is 9.59 Å². The summed E-state index contributed by atoms with van der Waals surface area (Å²) < 4.78 is 5.27. The SMILES string of the molecule is CN(CCC1CCOCC1)C(=O)CCC(=O)O. The number of carboxylic acids is 1. The lowest BCUT2D eigenvalue weighted by molar-refractivity contribution is -0.140. The number of carboxylic acid groups (broad SMARTS) is 1. The van der Waals surface area contributed by atoms with Gasteiger partial charge in [-0.1, -0.05) is 0 Å². The van der Waals surface area contributed by atoms with Gasteiger partial charge in [0.25, 0.3) is 0 Å². The first-order valence-electron chi connectivity index (χ1n) is 6.13. The van der Waals surface area contributed by atoms with Crippen molar-refractivity contribution in [3.8, 4) is 0 Å². The van der Waals surface area contributed by atoms with E-state index in [1.165, 1.54) is 0 Å². The smallest absolute Gasteiger partial charge is 0.303 e. The summed E-state index contributed by atoms with van der Waals surface area (Å²) in [5.74, 6) is -0.367. The minimum absolute atomic E-state index is 0.0829. The Hall–Kier alpha value is -1.10. The summed E-state index contributed by atoms with van der Waals surface area (Å²) in [6.45, 7) is 2.35. The van der Waals surface area contributed by atoms with E-state index in [-0.39, 0.29) is 18.7 Å². The summed E-state index contributed by atoms with van der Waals surface area (Å²) in [7, 11) is 1.74. The number of ether oxygens (including phenoxy) is 1. The fourth-order valence-electron chi connectivity index (χ4n) is 1.94. The number of hydrogen-bond acceptors (Lipinski definition) is 3. The van der Waals surface area contributed by atoms with E-state index < -0.39 is 5.97 Å². The Balaban J connectivity index is 2.16. The second-order valence-electron chi connectivity index (χ2n) is 4.55. The van der Waals surface area contributed by atoms with Crippen LogP contribution in [0.1, 0.15) is 32.1 Å². The summed E-state index contributed by atoms with van der Waals surface area (Å²) in [5.41, 5.74) is 0. The van der Waals surface area contributed by atoms with Crippen molar-refractivity contribution in [2.45, 2.75) is 32.1 Å². The standard InChI is InChI=1S/C12H21NO4/c1-13(11(14)2-3-12(15)16)7-4-10-5-8-17-9-6-10/h10H,2-9H2,1H3,(H,15,16). The van der Waals surface area contributed by atoms with Crippen LogP contribution in [0.2, 0.25) is 0 Å². The van der Waals surface area contributed by atoms with Crippen LogP contribution in [0.15, 0.2) is 0 Å². The maximum absolute atomic E-state index is 11.6. The van der Waals surface area contributed by atoms with E-state index in [0.29, 0.717) is 12.5 Å². The molecule has 1 N–H and O–H groups in total. The van der Waals surface area contributed by atoms with Crippen molar-refractivity contribution in [3.05, 3.63) is 0 Å². The van der Waals surface area contributed by atoms with Gasteiger partial charge >= 0.3 is 5.97 Å². The van der Waals surface area contributed by atoms with Gasteiger partial charge in [-0.3, -0.25) is 9.59 Å². The van der Waals surface area contributed by atoms with Crippen LogP contribution in [0.5, 0.6) is 0 Å². The molecular weight excluding hydrogens is 222 g/mol. The Morgan fingerprint density at radius 1 is 1.29 bits per heavy atom. The van der Waals surface area contributed by atoms with Crippen LogP contribution in [-0.2, 0) is 14.3 Å². The van der Waals surface area contributed by atoms with Crippen LogP contribution in [0.25, 0.3) is 0 Å². The zero-order valence-electron chi connectivity index (χ0n) is 10.4. The molecule has 1 heterocycles. The molecule has 0 aromatic heterocycles. The quantitative estimate of drug-likeness (QED) is 0.759. The molecule has 17 heavy (non-hydrogen) atoms. The summed E-state index contributed by atoms with van der Waals surface area (Å²) in [6.07, 6.45) is 3.13. The van der Waals surface area contributed by atoms with Crippen LogP contribution in [0.4, 0.5) is 0 Å². The molecule has 0 aromatic carbocycles. The molecule has 0 atom stereocenters. The minimum Gasteiger partial charge on any atom is -0.481 e. The zero-order chi connectivity index (χ0) is 12.7. The van der Waals surface area contributed by atoms with Crippen molar-refractivity contribution >= 4 is 11.9 Å². The molecule has 1 saturated heterocycles. The molecule has 0 aromatic rings. The van der Waals surface area contributed by atoms with Gasteiger partial charge in [0.15, 0.2) is 0 Å². The first-order valence-corrected chi connectivity index (χ1v) is 6.13. The molecule has 0 aliphatic carbocycles. The molecule has 0 spiro atoms. The zero-order valence-corrected chi connectivity index (χ0v) is 10.4. The number of rotatable bonds is 6. The first kappa shape index (κ1) is 14.0. The topological polar surface area (TPSA) is 66.8 Å². The first-order chi connectivity index (χ1) is 8.09. The molecule has 1 aliphatic rings. The fraction of sp³-hybridized carbons (Fsp3) is 0.833. The van der Waals surface area contributed by atoms with Gasteiger partial charge in [-0.05, 0) is 25.2 Å². The average molecular weight is 243 g/mol. The van der Waals surface area contributed by atoms with E-state index in [1.807, 2.05) is 0 Å². The predicted molar refractivity (Wildman–Crippen MR) is 62.7 cm³/mol. The normalized spacial score (nSPS) is 16.8. The van der Waals surface area contributed by atoms with E-state index in [2.05, 4.69) is 0 Å². The van der Waals surface area contributed by atoms with Crippen molar-refractivity contribution in [2.75, 3.05) is 26.8 Å². The lowest BCUT2D eigenvalue weighted by Gasteiger charge is -2.24. The molecule has 5 nitrogen and oxygen atoms in total. The second-order valence-corrected chi connectivity index (χ2v) is 4.55. The lowest BCUT2D eigenvalue weighted by atomic mass is 9.96. The van der Waals surface area contributed by atoms with Crippen LogP contribution < -0.4 is 0 Å². The third-order valence-electron chi connectivity index (χ3n) is 3.19. The van der Waals surface area contributed by atoms with E-state index in [1.54, 1.807) is 11.9 Å². The van der Waals surface area contributed by atoms with E-state index >= 15 is 0 Å². The summed E-state index contributed by atoms with van der Waals surface area (Å²) >= 11 is 0. The molecular formula is C12H21NO4. The van der Waals surface area contributed by atoms with Gasteiger partial charge in [-0.2, -0.15) is 0 Å². The van der Waals surface area contributed by atoms with Gasteiger partial charge < -0.3 is 14.7 Å². The fourth-order valence-corrected chi connectivity index (χ4v) is 1.94. The highest BCUT2D eigenvalue weighted by atomic mass is 16.5. The largest absolute Gasteiger partial charge is 0.481 e. The molecule has 0 unspecified atom stereocenters. The van der Waals surface area contributed by atoms with Gasteiger partial charge in [0, 0.05) is 33.2 Å². The van der Waals surface area contributed by atoms with Gasteiger partial charge in [0.05, 0.1) is 6.42 Å². The molecule has 0 saturated carbocycles. The average Bonchev–Trinajstić information content (AvgIpc) is 2.34. The number of amides is 1. The van der Waals surface area contributed by atoms with Crippen LogP contribution in [0.3, 0.4) is 0 Å². The van der Waals surface area contributed by atoms with Crippen molar-refractivity contribution in [3.63, 3.8) is 0 Å². The molecule has 0 bridgehead atoms. The van der Waals surface area contributed by atoms with Crippen LogP contribution >= 0.6 is 0 Å². The number of aliphatic carboxylic acids is 1. The Morgan fingerprint density at radius 2 is 1.94 bits per heavy atom. The predicted octanol–water partition coefficient (Wildman–Crippen LogP) is 1.13. The number of hydrogen-bond donors (Lipinski definition) is 1. The summed E-state index contributed by atoms with van der Waals surface area (Å²) in [5, 5.41) is 8.49.